The predicted molar refractivity (Wildman–Crippen MR) is 85.4 cm³/mol. The van der Waals surface area contributed by atoms with Crippen LogP contribution in [0.15, 0.2) is 22.7 Å². The molecule has 1 aliphatic heterocycles. The number of amides is 1. The van der Waals surface area contributed by atoms with Crippen molar-refractivity contribution < 1.29 is 9.18 Å². The average Bonchev–Trinajstić information content (AvgIpc) is 2.49. The van der Waals surface area contributed by atoms with Crippen LogP contribution in [0.2, 0.25) is 0 Å². The van der Waals surface area contributed by atoms with Crippen molar-refractivity contribution in [2.75, 3.05) is 13.1 Å². The molecule has 1 saturated heterocycles. The van der Waals surface area contributed by atoms with Crippen molar-refractivity contribution >= 4 is 21.8 Å². The van der Waals surface area contributed by atoms with Gasteiger partial charge in [-0.2, -0.15) is 0 Å². The summed E-state index contributed by atoms with van der Waals surface area (Å²) in [6.45, 7) is 4.09. The van der Waals surface area contributed by atoms with Gasteiger partial charge in [0.1, 0.15) is 5.82 Å². The SMILES string of the molecule is CCCC1(C(=O)NCc2cc(Br)ccc2F)CCNCC1. The highest BCUT2D eigenvalue weighted by Crippen LogP contribution is 2.34. The first-order chi connectivity index (χ1) is 10.1. The lowest BCUT2D eigenvalue weighted by atomic mass is 9.74. The molecule has 2 N–H and O–H groups in total. The topological polar surface area (TPSA) is 41.1 Å². The molecule has 0 atom stereocenters. The van der Waals surface area contributed by atoms with E-state index in [9.17, 15) is 9.18 Å². The van der Waals surface area contributed by atoms with Crippen molar-refractivity contribution in [3.63, 3.8) is 0 Å². The molecule has 0 spiro atoms. The number of carbonyl (C=O) groups excluding carboxylic acids is 1. The number of hydrogen-bond acceptors (Lipinski definition) is 2. The van der Waals surface area contributed by atoms with E-state index in [4.69, 9.17) is 0 Å². The van der Waals surface area contributed by atoms with E-state index >= 15 is 0 Å². The summed E-state index contributed by atoms with van der Waals surface area (Å²) in [6.07, 6.45) is 3.58. The lowest BCUT2D eigenvalue weighted by molar-refractivity contribution is -0.133. The minimum atomic E-state index is -0.289. The number of hydrogen-bond donors (Lipinski definition) is 2. The van der Waals surface area contributed by atoms with E-state index in [1.807, 2.05) is 0 Å². The highest BCUT2D eigenvalue weighted by molar-refractivity contribution is 9.10. The summed E-state index contributed by atoms with van der Waals surface area (Å²) in [5, 5.41) is 6.23. The average molecular weight is 357 g/mol. The molecule has 0 bridgehead atoms. The van der Waals surface area contributed by atoms with E-state index < -0.39 is 0 Å². The van der Waals surface area contributed by atoms with Gasteiger partial charge in [0.25, 0.3) is 0 Å². The molecule has 5 heteroatoms. The molecule has 1 heterocycles. The van der Waals surface area contributed by atoms with Gasteiger partial charge >= 0.3 is 0 Å². The van der Waals surface area contributed by atoms with Crippen molar-refractivity contribution in [2.24, 2.45) is 5.41 Å². The molecule has 0 radical (unpaired) electrons. The van der Waals surface area contributed by atoms with Crippen LogP contribution in [0.5, 0.6) is 0 Å². The fraction of sp³-hybridized carbons (Fsp3) is 0.562. The van der Waals surface area contributed by atoms with Gasteiger partial charge in [-0.1, -0.05) is 29.3 Å². The van der Waals surface area contributed by atoms with Gasteiger partial charge in [-0.25, -0.2) is 4.39 Å². The molecule has 1 amide bonds. The first-order valence-corrected chi connectivity index (χ1v) is 8.30. The predicted octanol–water partition coefficient (Wildman–Crippen LogP) is 3.37. The zero-order chi connectivity index (χ0) is 15.3. The Morgan fingerprint density at radius 3 is 2.81 bits per heavy atom. The third kappa shape index (κ3) is 4.04. The second-order valence-electron chi connectivity index (χ2n) is 5.70. The van der Waals surface area contributed by atoms with E-state index in [1.165, 1.54) is 6.07 Å². The standard InChI is InChI=1S/C16H22BrFN2O/c1-2-5-16(6-8-19-9-7-16)15(21)20-11-12-10-13(17)3-4-14(12)18/h3-4,10,19H,2,5-9,11H2,1H3,(H,20,21). The molecule has 0 aromatic heterocycles. The molecule has 0 aliphatic carbocycles. The van der Waals surface area contributed by atoms with Gasteiger partial charge in [-0.15, -0.1) is 0 Å². The summed E-state index contributed by atoms with van der Waals surface area (Å²) in [7, 11) is 0. The molecule has 2 rings (SSSR count). The molecule has 1 aromatic carbocycles. The molecule has 0 unspecified atom stereocenters. The molecule has 1 fully saturated rings. The molecule has 1 aromatic rings. The molecule has 21 heavy (non-hydrogen) atoms. The molecular weight excluding hydrogens is 335 g/mol. The third-order valence-corrected chi connectivity index (χ3v) is 4.71. The number of halogens is 2. The molecule has 116 valence electrons. The molecular formula is C16H22BrFN2O. The molecule has 1 aliphatic rings. The number of benzene rings is 1. The van der Waals surface area contributed by atoms with E-state index in [-0.39, 0.29) is 23.7 Å². The first-order valence-electron chi connectivity index (χ1n) is 7.50. The Bertz CT molecular complexity index is 496. The Hall–Kier alpha value is -0.940. The van der Waals surface area contributed by atoms with Crippen molar-refractivity contribution in [2.45, 2.75) is 39.2 Å². The minimum Gasteiger partial charge on any atom is -0.351 e. The Labute approximate surface area is 133 Å². The van der Waals surface area contributed by atoms with Gasteiger partial charge in [0.05, 0.1) is 5.41 Å². The van der Waals surface area contributed by atoms with E-state index in [0.29, 0.717) is 5.56 Å². The zero-order valence-corrected chi connectivity index (χ0v) is 13.9. The Balaban J connectivity index is 2.03. The van der Waals surface area contributed by atoms with Crippen LogP contribution in [0.3, 0.4) is 0 Å². The number of piperidine rings is 1. The molecule has 0 saturated carbocycles. The van der Waals surface area contributed by atoms with E-state index in [1.54, 1.807) is 12.1 Å². The smallest absolute Gasteiger partial charge is 0.226 e. The van der Waals surface area contributed by atoms with Crippen LogP contribution in [0.1, 0.15) is 38.2 Å². The van der Waals surface area contributed by atoms with Crippen molar-refractivity contribution in [3.8, 4) is 0 Å². The van der Waals surface area contributed by atoms with E-state index in [0.717, 1.165) is 43.2 Å². The Morgan fingerprint density at radius 1 is 1.43 bits per heavy atom. The lowest BCUT2D eigenvalue weighted by Crippen LogP contribution is -2.47. The van der Waals surface area contributed by atoms with Crippen LogP contribution in [0, 0.1) is 11.2 Å². The fourth-order valence-corrected chi connectivity index (χ4v) is 3.42. The Morgan fingerprint density at radius 2 is 2.14 bits per heavy atom. The van der Waals surface area contributed by atoms with Gasteiger partial charge in [-0.3, -0.25) is 4.79 Å². The van der Waals surface area contributed by atoms with Crippen LogP contribution >= 0.6 is 15.9 Å². The highest BCUT2D eigenvalue weighted by Gasteiger charge is 2.38. The normalized spacial score (nSPS) is 17.5. The Kier molecular flexibility index (Phi) is 5.76. The van der Waals surface area contributed by atoms with Gasteiger partial charge < -0.3 is 10.6 Å². The fourth-order valence-electron chi connectivity index (χ4n) is 3.02. The summed E-state index contributed by atoms with van der Waals surface area (Å²) in [5.41, 5.74) is 0.223. The zero-order valence-electron chi connectivity index (χ0n) is 12.3. The summed E-state index contributed by atoms with van der Waals surface area (Å²) in [4.78, 5) is 12.6. The van der Waals surface area contributed by atoms with Crippen LogP contribution in [0.25, 0.3) is 0 Å². The van der Waals surface area contributed by atoms with Crippen LogP contribution in [-0.4, -0.2) is 19.0 Å². The summed E-state index contributed by atoms with van der Waals surface area (Å²) in [6, 6.07) is 4.79. The van der Waals surface area contributed by atoms with Crippen molar-refractivity contribution in [1.82, 2.24) is 10.6 Å². The second-order valence-corrected chi connectivity index (χ2v) is 6.61. The van der Waals surface area contributed by atoms with Crippen molar-refractivity contribution in [3.05, 3.63) is 34.1 Å². The minimum absolute atomic E-state index is 0.0604. The maximum Gasteiger partial charge on any atom is 0.226 e. The summed E-state index contributed by atoms with van der Waals surface area (Å²) >= 11 is 3.33. The molecule has 3 nitrogen and oxygen atoms in total. The number of nitrogens with one attached hydrogen (secondary N) is 2. The largest absolute Gasteiger partial charge is 0.351 e. The third-order valence-electron chi connectivity index (χ3n) is 4.22. The van der Waals surface area contributed by atoms with Crippen molar-refractivity contribution in [1.29, 1.82) is 0 Å². The monoisotopic (exact) mass is 356 g/mol. The van der Waals surface area contributed by atoms with Gasteiger partial charge in [0.2, 0.25) is 5.91 Å². The van der Waals surface area contributed by atoms with Crippen LogP contribution in [0.4, 0.5) is 4.39 Å². The maximum absolute atomic E-state index is 13.7. The van der Waals surface area contributed by atoms with E-state index in [2.05, 4.69) is 33.5 Å². The highest BCUT2D eigenvalue weighted by atomic mass is 79.9. The van der Waals surface area contributed by atoms with Gasteiger partial charge in [0.15, 0.2) is 0 Å². The van der Waals surface area contributed by atoms with Crippen LogP contribution < -0.4 is 10.6 Å². The summed E-state index contributed by atoms with van der Waals surface area (Å²) < 4.78 is 14.5. The van der Waals surface area contributed by atoms with Gasteiger partial charge in [0, 0.05) is 16.6 Å². The quantitative estimate of drug-likeness (QED) is 0.848. The number of rotatable bonds is 5. The number of carbonyl (C=O) groups is 1. The first kappa shape index (κ1) is 16.4. The lowest BCUT2D eigenvalue weighted by Gasteiger charge is -2.36. The van der Waals surface area contributed by atoms with Gasteiger partial charge in [-0.05, 0) is 50.6 Å². The second kappa shape index (κ2) is 7.36. The van der Waals surface area contributed by atoms with Crippen LogP contribution in [-0.2, 0) is 11.3 Å². The maximum atomic E-state index is 13.7. The summed E-state index contributed by atoms with van der Waals surface area (Å²) in [5.74, 6) is -0.224.